The number of likely N-dealkylation sites (tertiary alicyclic amines) is 1. The smallest absolute Gasteiger partial charge is 0.287 e. The molecular weight excluding hydrogens is 638 g/mol. The Morgan fingerprint density at radius 3 is 2.42 bits per heavy atom. The standard InChI is InChI=1S/C35H50ClN5O7/c1-6-11-24(29(43)31(37)44)38-32(45)26-19-35(18-25(40-48-35)23-17-22(36)14-15-27(23)47-5)20-41(26)33(46)30(34(2,3)4)39-28(42)16-21-12-9-7-8-10-13-21/h14-15,17,21,24,26,30H,6-13,16,18-20H2,1-5H3,(H2,37,44)(H,38,45)(H,39,42)/t24-,26-,30+,35+/m0/s1. The second-order valence-corrected chi connectivity index (χ2v) is 15.0. The maximum absolute atomic E-state index is 14.5. The van der Waals surface area contributed by atoms with Crippen LogP contribution in [0.15, 0.2) is 23.4 Å². The summed E-state index contributed by atoms with van der Waals surface area (Å²) in [5.74, 6) is -2.53. The van der Waals surface area contributed by atoms with E-state index in [9.17, 15) is 24.0 Å². The van der Waals surface area contributed by atoms with Crippen LogP contribution in [0.2, 0.25) is 5.02 Å². The average Bonchev–Trinajstić information content (AvgIpc) is 3.52. The van der Waals surface area contributed by atoms with Gasteiger partial charge in [0.25, 0.3) is 5.91 Å². The molecule has 4 amide bonds. The lowest BCUT2D eigenvalue weighted by atomic mass is 9.85. The lowest BCUT2D eigenvalue weighted by Gasteiger charge is -2.36. The number of ketones is 1. The number of carbonyl (C=O) groups excluding carboxylic acids is 5. The first-order chi connectivity index (χ1) is 22.7. The van der Waals surface area contributed by atoms with Gasteiger partial charge in [-0.25, -0.2) is 0 Å². The molecule has 1 saturated heterocycles. The van der Waals surface area contributed by atoms with Gasteiger partial charge in [0.1, 0.15) is 17.8 Å². The molecule has 3 aliphatic rings. The predicted molar refractivity (Wildman–Crippen MR) is 181 cm³/mol. The van der Waals surface area contributed by atoms with Crippen molar-refractivity contribution in [1.82, 2.24) is 15.5 Å². The maximum Gasteiger partial charge on any atom is 0.287 e. The molecule has 4 N–H and O–H groups in total. The largest absolute Gasteiger partial charge is 0.496 e. The summed E-state index contributed by atoms with van der Waals surface area (Å²) in [5, 5.41) is 10.5. The summed E-state index contributed by atoms with van der Waals surface area (Å²) in [6.45, 7) is 7.40. The molecule has 12 nitrogen and oxygen atoms in total. The normalized spacial score (nSPS) is 22.7. The minimum absolute atomic E-state index is 0.00686. The number of halogens is 1. The number of methoxy groups -OCH3 is 1. The van der Waals surface area contributed by atoms with Gasteiger partial charge in [0, 0.05) is 29.8 Å². The number of benzene rings is 1. The third-order valence-corrected chi connectivity index (χ3v) is 9.85. The number of primary amides is 1. The second-order valence-electron chi connectivity index (χ2n) is 14.5. The number of carbonyl (C=O) groups is 5. The highest BCUT2D eigenvalue weighted by Gasteiger charge is 2.56. The Hall–Kier alpha value is -3.67. The topological polar surface area (TPSA) is 169 Å². The van der Waals surface area contributed by atoms with Gasteiger partial charge in [-0.3, -0.25) is 24.0 Å². The molecule has 48 heavy (non-hydrogen) atoms. The molecule has 1 spiro atoms. The van der Waals surface area contributed by atoms with Crippen LogP contribution in [0.25, 0.3) is 0 Å². The van der Waals surface area contributed by atoms with E-state index in [0.717, 1.165) is 25.7 Å². The van der Waals surface area contributed by atoms with Crippen LogP contribution in [0.4, 0.5) is 0 Å². The van der Waals surface area contributed by atoms with Crippen LogP contribution in [-0.2, 0) is 28.8 Å². The number of nitrogens with two attached hydrogens (primary N) is 1. The van der Waals surface area contributed by atoms with E-state index in [-0.39, 0.29) is 37.6 Å². The fourth-order valence-corrected chi connectivity index (χ4v) is 7.21. The Labute approximate surface area is 287 Å². The minimum atomic E-state index is -1.15. The number of hydrogen-bond acceptors (Lipinski definition) is 8. The summed E-state index contributed by atoms with van der Waals surface area (Å²) in [6.07, 6.45) is 7.82. The van der Waals surface area contributed by atoms with Crippen molar-refractivity contribution in [3.05, 3.63) is 28.8 Å². The summed E-state index contributed by atoms with van der Waals surface area (Å²) in [4.78, 5) is 73.8. The average molecular weight is 688 g/mol. The molecular formula is C35H50ClN5O7. The van der Waals surface area contributed by atoms with E-state index in [1.54, 1.807) is 18.2 Å². The van der Waals surface area contributed by atoms with Gasteiger partial charge >= 0.3 is 0 Å². The molecule has 1 aromatic carbocycles. The number of oxime groups is 1. The summed E-state index contributed by atoms with van der Waals surface area (Å²) in [7, 11) is 1.53. The van der Waals surface area contributed by atoms with Crippen LogP contribution < -0.4 is 21.1 Å². The van der Waals surface area contributed by atoms with E-state index in [0.29, 0.717) is 34.9 Å². The van der Waals surface area contributed by atoms with Crippen LogP contribution >= 0.6 is 11.6 Å². The third-order valence-electron chi connectivity index (χ3n) is 9.62. The van der Waals surface area contributed by atoms with E-state index in [1.165, 1.54) is 24.9 Å². The van der Waals surface area contributed by atoms with Crippen molar-refractivity contribution in [3.63, 3.8) is 0 Å². The van der Waals surface area contributed by atoms with Gasteiger partial charge < -0.3 is 30.8 Å². The Kier molecular flexibility index (Phi) is 12.1. The second kappa shape index (κ2) is 15.7. The number of amides is 4. The SMILES string of the molecule is CCC[C@H](NC(=O)[C@@H]1C[C@]2(CC(c3cc(Cl)ccc3OC)=NO2)CN1C(=O)[C@@H](NC(=O)CC1CCCCCC1)C(C)(C)C)C(=O)C(N)=O. The number of ether oxygens (including phenoxy) is 1. The van der Waals surface area contributed by atoms with Gasteiger partial charge in [0.15, 0.2) is 5.60 Å². The zero-order valence-electron chi connectivity index (χ0n) is 28.7. The quantitative estimate of drug-likeness (QED) is 0.220. The van der Waals surface area contributed by atoms with Gasteiger partial charge in [0.2, 0.25) is 23.5 Å². The zero-order chi connectivity index (χ0) is 35.2. The lowest BCUT2D eigenvalue weighted by Crippen LogP contribution is -2.59. The summed E-state index contributed by atoms with van der Waals surface area (Å²) in [6, 6.07) is 1.96. The molecule has 1 saturated carbocycles. The molecule has 0 unspecified atom stereocenters. The van der Waals surface area contributed by atoms with Gasteiger partial charge in [0.05, 0.1) is 25.4 Å². The molecule has 13 heteroatoms. The first-order valence-electron chi connectivity index (χ1n) is 17.0. The number of Topliss-reactive ketones (excluding diaryl/α,β-unsaturated/α-hetero) is 1. The summed E-state index contributed by atoms with van der Waals surface area (Å²) in [5.41, 5.74) is 4.66. The highest BCUT2D eigenvalue weighted by atomic mass is 35.5. The fourth-order valence-electron chi connectivity index (χ4n) is 7.04. The Morgan fingerprint density at radius 1 is 1.12 bits per heavy atom. The summed E-state index contributed by atoms with van der Waals surface area (Å²) < 4.78 is 5.52. The Bertz CT molecular complexity index is 1420. The van der Waals surface area contributed by atoms with Crippen LogP contribution in [0.3, 0.4) is 0 Å². The van der Waals surface area contributed by atoms with Crippen molar-refractivity contribution in [2.45, 2.75) is 122 Å². The van der Waals surface area contributed by atoms with E-state index in [1.807, 2.05) is 27.7 Å². The van der Waals surface area contributed by atoms with Gasteiger partial charge in [-0.1, -0.05) is 76.6 Å². The van der Waals surface area contributed by atoms with Crippen molar-refractivity contribution in [2.75, 3.05) is 13.7 Å². The zero-order valence-corrected chi connectivity index (χ0v) is 29.5. The highest BCUT2D eigenvalue weighted by molar-refractivity contribution is 6.37. The predicted octanol–water partition coefficient (Wildman–Crippen LogP) is 4.04. The molecule has 0 aromatic heterocycles. The monoisotopic (exact) mass is 687 g/mol. The molecule has 0 bridgehead atoms. The third kappa shape index (κ3) is 8.86. The van der Waals surface area contributed by atoms with Gasteiger partial charge in [-0.05, 0) is 48.8 Å². The number of nitrogens with zero attached hydrogens (tertiary/aromatic N) is 2. The van der Waals surface area contributed by atoms with Crippen molar-refractivity contribution in [1.29, 1.82) is 0 Å². The molecule has 2 heterocycles. The Morgan fingerprint density at radius 2 is 1.81 bits per heavy atom. The van der Waals surface area contributed by atoms with E-state index in [2.05, 4.69) is 15.8 Å². The van der Waals surface area contributed by atoms with Crippen LogP contribution in [0.5, 0.6) is 5.75 Å². The first-order valence-corrected chi connectivity index (χ1v) is 17.4. The van der Waals surface area contributed by atoms with Crippen molar-refractivity contribution >= 4 is 46.7 Å². The molecule has 1 aliphatic carbocycles. The molecule has 2 aliphatic heterocycles. The maximum atomic E-state index is 14.5. The van der Waals surface area contributed by atoms with E-state index < -0.39 is 52.6 Å². The van der Waals surface area contributed by atoms with Crippen molar-refractivity contribution in [2.24, 2.45) is 22.2 Å². The van der Waals surface area contributed by atoms with Gasteiger partial charge in [-0.15, -0.1) is 0 Å². The van der Waals surface area contributed by atoms with Crippen LogP contribution in [-0.4, -0.2) is 77.4 Å². The molecule has 1 aromatic rings. The van der Waals surface area contributed by atoms with Gasteiger partial charge in [-0.2, -0.15) is 0 Å². The number of rotatable bonds is 12. The van der Waals surface area contributed by atoms with E-state index in [4.69, 9.17) is 26.9 Å². The van der Waals surface area contributed by atoms with Crippen LogP contribution in [0, 0.1) is 11.3 Å². The lowest BCUT2D eigenvalue weighted by molar-refractivity contribution is -0.145. The minimum Gasteiger partial charge on any atom is -0.496 e. The molecule has 0 radical (unpaired) electrons. The van der Waals surface area contributed by atoms with Crippen molar-refractivity contribution < 1.29 is 33.5 Å². The molecule has 2 fully saturated rings. The molecule has 264 valence electrons. The molecule has 4 atom stereocenters. The van der Waals surface area contributed by atoms with Crippen LogP contribution in [0.1, 0.15) is 104 Å². The summed E-state index contributed by atoms with van der Waals surface area (Å²) >= 11 is 6.29. The Balaban J connectivity index is 1.62. The molecule has 4 rings (SSSR count). The van der Waals surface area contributed by atoms with E-state index >= 15 is 0 Å². The fraction of sp³-hybridized carbons (Fsp3) is 0.657. The highest BCUT2D eigenvalue weighted by Crippen LogP contribution is 2.41. The van der Waals surface area contributed by atoms with Crippen molar-refractivity contribution in [3.8, 4) is 5.75 Å². The first kappa shape index (κ1) is 37.2. The number of hydrogen-bond donors (Lipinski definition) is 3. The number of nitrogens with one attached hydrogen (secondary N) is 2.